The van der Waals surface area contributed by atoms with Gasteiger partial charge in [0.05, 0.1) is 0 Å². The largest absolute Gasteiger partial charge is 0.412 e. The van der Waals surface area contributed by atoms with Crippen LogP contribution in [0.4, 0.5) is 0 Å². The molecule has 0 saturated heterocycles. The Hall–Kier alpha value is -0.860. The van der Waals surface area contributed by atoms with E-state index >= 15 is 0 Å². The Morgan fingerprint density at radius 1 is 1.33 bits per heavy atom. The van der Waals surface area contributed by atoms with Crippen LogP contribution in [-0.2, 0) is 0 Å². The first-order valence-electron chi connectivity index (χ1n) is 3.53. The highest BCUT2D eigenvalue weighted by Crippen LogP contribution is 2.10. The van der Waals surface area contributed by atoms with Crippen LogP contribution in [-0.4, -0.2) is 11.3 Å². The van der Waals surface area contributed by atoms with Crippen molar-refractivity contribution in [3.63, 3.8) is 0 Å². The van der Waals surface area contributed by atoms with E-state index in [1.165, 1.54) is 0 Å². The van der Waals surface area contributed by atoms with Gasteiger partial charge in [0.1, 0.15) is 0 Å². The summed E-state index contributed by atoms with van der Waals surface area (Å²) in [4.78, 5) is 11.1. The quantitative estimate of drug-likeness (QED) is 0.653. The second kappa shape index (κ2) is 4.91. The van der Waals surface area contributed by atoms with Crippen molar-refractivity contribution in [1.82, 2.24) is 0 Å². The highest BCUT2D eigenvalue weighted by atomic mass is 35.5. The summed E-state index contributed by atoms with van der Waals surface area (Å²) in [5.41, 5.74) is 0.733. The Morgan fingerprint density at radius 3 is 2.25 bits per heavy atom. The molecule has 1 rings (SSSR count). The second-order valence-electron chi connectivity index (χ2n) is 2.28. The van der Waals surface area contributed by atoms with Gasteiger partial charge >= 0.3 is 0 Å². The molecule has 0 atom stereocenters. The minimum absolute atomic E-state index is 0. The number of carbonyl (C=O) groups is 1. The molecule has 0 spiro atoms. The normalized spacial score (nSPS) is 8.83. The number of benzene rings is 1. The Bertz CT molecular complexity index is 254. The lowest BCUT2D eigenvalue weighted by molar-refractivity contribution is 0.0988. The molecule has 0 aromatic heterocycles. The summed E-state index contributed by atoms with van der Waals surface area (Å²) in [6.07, 6.45) is 0.543. The van der Waals surface area contributed by atoms with E-state index in [9.17, 15) is 4.79 Å². The van der Waals surface area contributed by atoms with Gasteiger partial charge in [-0.2, -0.15) is 0 Å². The summed E-state index contributed by atoms with van der Waals surface area (Å²) in [6.45, 7) is 1.84. The molecule has 1 aromatic rings. The van der Waals surface area contributed by atoms with Crippen LogP contribution in [0.3, 0.4) is 0 Å². The minimum Gasteiger partial charge on any atom is -0.412 e. The van der Waals surface area contributed by atoms with Gasteiger partial charge in [-0.3, -0.25) is 4.79 Å². The van der Waals surface area contributed by atoms with Crippen LogP contribution in [0.5, 0.6) is 0 Å². The highest BCUT2D eigenvalue weighted by Gasteiger charge is 2.00. The van der Waals surface area contributed by atoms with Crippen LogP contribution >= 0.6 is 11.6 Å². The smallest absolute Gasteiger partial charge is 0.162 e. The molecule has 2 nitrogen and oxygen atoms in total. The summed E-state index contributed by atoms with van der Waals surface area (Å²) >= 11 is 5.65. The third-order valence-corrected chi connectivity index (χ3v) is 1.74. The molecule has 3 heteroatoms. The fourth-order valence-corrected chi connectivity index (χ4v) is 0.966. The van der Waals surface area contributed by atoms with Crippen molar-refractivity contribution in [2.75, 3.05) is 0 Å². The van der Waals surface area contributed by atoms with Gasteiger partial charge < -0.3 is 5.48 Å². The van der Waals surface area contributed by atoms with Gasteiger partial charge in [0.25, 0.3) is 0 Å². The molecular weight excluding hydrogens is 176 g/mol. The van der Waals surface area contributed by atoms with E-state index < -0.39 is 0 Å². The van der Waals surface area contributed by atoms with Crippen LogP contribution in [0.25, 0.3) is 0 Å². The topological polar surface area (TPSA) is 48.6 Å². The van der Waals surface area contributed by atoms with Crippen LogP contribution in [0.2, 0.25) is 5.02 Å². The molecule has 0 aliphatic rings. The Kier molecular flexibility index (Phi) is 4.55. The van der Waals surface area contributed by atoms with Gasteiger partial charge in [-0.05, 0) is 24.3 Å². The van der Waals surface area contributed by atoms with Gasteiger partial charge in [-0.15, -0.1) is 0 Å². The minimum atomic E-state index is 0. The summed E-state index contributed by atoms with van der Waals surface area (Å²) in [6, 6.07) is 6.94. The molecule has 0 heterocycles. The van der Waals surface area contributed by atoms with Crippen molar-refractivity contribution in [2.45, 2.75) is 13.3 Å². The lowest BCUT2D eigenvalue weighted by Gasteiger charge is -1.95. The molecule has 2 N–H and O–H groups in total. The Labute approximate surface area is 76.5 Å². The first-order valence-corrected chi connectivity index (χ1v) is 3.90. The van der Waals surface area contributed by atoms with Crippen molar-refractivity contribution < 1.29 is 10.3 Å². The van der Waals surface area contributed by atoms with Crippen molar-refractivity contribution in [2.24, 2.45) is 0 Å². The zero-order valence-corrected chi connectivity index (χ0v) is 7.56. The fourth-order valence-electron chi connectivity index (χ4n) is 0.840. The fraction of sp³-hybridized carbons (Fsp3) is 0.222. The van der Waals surface area contributed by atoms with Gasteiger partial charge in [0.15, 0.2) is 5.78 Å². The summed E-state index contributed by atoms with van der Waals surface area (Å²) in [7, 11) is 0. The molecule has 66 valence electrons. The Morgan fingerprint density at radius 2 is 1.83 bits per heavy atom. The van der Waals surface area contributed by atoms with Crippen LogP contribution in [0.15, 0.2) is 24.3 Å². The van der Waals surface area contributed by atoms with Crippen molar-refractivity contribution in [1.29, 1.82) is 0 Å². The van der Waals surface area contributed by atoms with Crippen LogP contribution in [0.1, 0.15) is 23.7 Å². The summed E-state index contributed by atoms with van der Waals surface area (Å²) in [5.74, 6) is 0.154. The first kappa shape index (κ1) is 11.1. The predicted molar refractivity (Wildman–Crippen MR) is 49.7 cm³/mol. The molecule has 0 bridgehead atoms. The number of carbonyl (C=O) groups excluding carboxylic acids is 1. The van der Waals surface area contributed by atoms with Crippen molar-refractivity contribution >= 4 is 17.4 Å². The van der Waals surface area contributed by atoms with Crippen molar-refractivity contribution in [3.05, 3.63) is 34.9 Å². The third-order valence-electron chi connectivity index (χ3n) is 1.49. The average Bonchev–Trinajstić information content (AvgIpc) is 2.05. The van der Waals surface area contributed by atoms with E-state index in [4.69, 9.17) is 11.6 Å². The maximum Gasteiger partial charge on any atom is 0.162 e. The van der Waals surface area contributed by atoms with E-state index in [-0.39, 0.29) is 11.3 Å². The molecule has 0 aliphatic carbocycles. The highest BCUT2D eigenvalue weighted by molar-refractivity contribution is 6.30. The van der Waals surface area contributed by atoms with E-state index in [1.807, 2.05) is 6.92 Å². The maximum absolute atomic E-state index is 11.1. The van der Waals surface area contributed by atoms with Gasteiger partial charge in [0.2, 0.25) is 0 Å². The van der Waals surface area contributed by atoms with E-state index in [0.29, 0.717) is 11.4 Å². The maximum atomic E-state index is 11.1. The Balaban J connectivity index is 0.00000121. The lowest BCUT2D eigenvalue weighted by atomic mass is 10.1. The molecule has 0 radical (unpaired) electrons. The molecule has 0 amide bonds. The molecule has 12 heavy (non-hydrogen) atoms. The monoisotopic (exact) mass is 186 g/mol. The van der Waals surface area contributed by atoms with Crippen LogP contribution in [0, 0.1) is 0 Å². The molecule has 0 unspecified atom stereocenters. The van der Waals surface area contributed by atoms with Gasteiger partial charge in [-0.1, -0.05) is 18.5 Å². The van der Waals surface area contributed by atoms with E-state index in [1.54, 1.807) is 24.3 Å². The van der Waals surface area contributed by atoms with Gasteiger partial charge in [0, 0.05) is 17.0 Å². The van der Waals surface area contributed by atoms with Crippen molar-refractivity contribution in [3.8, 4) is 0 Å². The van der Waals surface area contributed by atoms with E-state index in [2.05, 4.69) is 0 Å². The molecule has 0 saturated carbocycles. The summed E-state index contributed by atoms with van der Waals surface area (Å²) < 4.78 is 0. The summed E-state index contributed by atoms with van der Waals surface area (Å²) in [5, 5.41) is 0.664. The predicted octanol–water partition coefficient (Wildman–Crippen LogP) is 2.11. The average molecular weight is 187 g/mol. The number of halogens is 1. The zero-order valence-electron chi connectivity index (χ0n) is 6.80. The van der Waals surface area contributed by atoms with Crippen LogP contribution < -0.4 is 0 Å². The number of hydrogen-bond acceptors (Lipinski definition) is 1. The number of hydrogen-bond donors (Lipinski definition) is 0. The number of Topliss-reactive ketones (excluding diaryl/α,β-unsaturated/α-hetero) is 1. The molecule has 0 fully saturated rings. The number of rotatable bonds is 2. The molecule has 1 aromatic carbocycles. The third kappa shape index (κ3) is 2.64. The van der Waals surface area contributed by atoms with Gasteiger partial charge in [-0.25, -0.2) is 0 Å². The SMILES string of the molecule is CCC(=O)c1ccc(Cl)cc1.O. The lowest BCUT2D eigenvalue weighted by Crippen LogP contribution is -1.94. The van der Waals surface area contributed by atoms with E-state index in [0.717, 1.165) is 5.56 Å². The standard InChI is InChI=1S/C9H9ClO.H2O/c1-2-9(11)7-3-5-8(10)6-4-7;/h3-6H,2H2,1H3;1H2. The second-order valence-corrected chi connectivity index (χ2v) is 2.72. The molecular formula is C9H11ClO2. The first-order chi connectivity index (χ1) is 5.24. The zero-order chi connectivity index (χ0) is 8.27. The number of ketones is 1. The molecule has 0 aliphatic heterocycles.